The Kier molecular flexibility index (Phi) is 5.92. The molecule has 1 heterocycles. The summed E-state index contributed by atoms with van der Waals surface area (Å²) in [6, 6.07) is 12.7. The lowest BCUT2D eigenvalue weighted by Gasteiger charge is -2.06. The molecule has 0 aliphatic rings. The zero-order valence-corrected chi connectivity index (χ0v) is 15.6. The maximum Gasteiger partial charge on any atom is 0.310 e. The van der Waals surface area contributed by atoms with E-state index in [1.54, 1.807) is 6.07 Å². The van der Waals surface area contributed by atoms with Crippen LogP contribution in [0.15, 0.2) is 59.0 Å². The monoisotopic (exact) mass is 413 g/mol. The van der Waals surface area contributed by atoms with Crippen LogP contribution in [0.2, 0.25) is 0 Å². The highest BCUT2D eigenvalue weighted by Gasteiger charge is 2.20. The van der Waals surface area contributed by atoms with Crippen LogP contribution in [0.3, 0.4) is 0 Å². The number of hydrogen-bond acceptors (Lipinski definition) is 8. The summed E-state index contributed by atoms with van der Waals surface area (Å²) in [6.45, 7) is -0.152. The number of carbonyl (C=O) groups is 1. The summed E-state index contributed by atoms with van der Waals surface area (Å²) in [4.78, 5) is 33.4. The Labute approximate surface area is 169 Å². The summed E-state index contributed by atoms with van der Waals surface area (Å²) in [5.41, 5.74) is -0.567. The number of anilines is 1. The van der Waals surface area contributed by atoms with Crippen LogP contribution in [0.25, 0.3) is 0 Å². The Hall–Kier alpha value is -4.41. The number of ether oxygens (including phenoxy) is 2. The van der Waals surface area contributed by atoms with Gasteiger partial charge >= 0.3 is 5.69 Å². The van der Waals surface area contributed by atoms with E-state index in [9.17, 15) is 25.0 Å². The van der Waals surface area contributed by atoms with Crippen molar-refractivity contribution in [3.8, 4) is 11.5 Å². The molecule has 1 amide bonds. The van der Waals surface area contributed by atoms with Crippen LogP contribution in [0, 0.1) is 20.2 Å². The number of para-hydroxylation sites is 2. The highest BCUT2D eigenvalue weighted by molar-refractivity contribution is 6.03. The summed E-state index contributed by atoms with van der Waals surface area (Å²) in [5.74, 6) is -0.255. The van der Waals surface area contributed by atoms with Gasteiger partial charge in [0.1, 0.15) is 23.8 Å². The molecule has 11 nitrogen and oxygen atoms in total. The first kappa shape index (κ1) is 20.3. The van der Waals surface area contributed by atoms with Crippen LogP contribution < -0.4 is 14.8 Å². The zero-order valence-electron chi connectivity index (χ0n) is 15.6. The number of nitro groups is 2. The number of hydrogen-bond donors (Lipinski definition) is 1. The van der Waals surface area contributed by atoms with Crippen molar-refractivity contribution in [1.82, 2.24) is 0 Å². The van der Waals surface area contributed by atoms with Crippen LogP contribution in [0.5, 0.6) is 11.5 Å². The minimum Gasteiger partial charge on any atom is -0.496 e. The molecule has 0 spiro atoms. The SMILES string of the molecule is COc1ccc(NC(=O)c2ccc(COc3ccccc3[N+](=O)[O-])o2)c([N+](=O)[O-])c1. The number of carbonyl (C=O) groups excluding carboxylic acids is 1. The number of methoxy groups -OCH3 is 1. The van der Waals surface area contributed by atoms with Gasteiger partial charge < -0.3 is 19.2 Å². The summed E-state index contributed by atoms with van der Waals surface area (Å²) < 4.78 is 15.7. The van der Waals surface area contributed by atoms with Gasteiger partial charge in [0.25, 0.3) is 11.6 Å². The summed E-state index contributed by atoms with van der Waals surface area (Å²) >= 11 is 0. The first-order valence-electron chi connectivity index (χ1n) is 8.47. The van der Waals surface area contributed by atoms with Crippen molar-refractivity contribution in [2.45, 2.75) is 6.61 Å². The van der Waals surface area contributed by atoms with Crippen molar-refractivity contribution in [2.24, 2.45) is 0 Å². The highest BCUT2D eigenvalue weighted by atomic mass is 16.6. The van der Waals surface area contributed by atoms with Crippen LogP contribution in [0.4, 0.5) is 17.1 Å². The van der Waals surface area contributed by atoms with E-state index in [0.717, 1.165) is 0 Å². The maximum absolute atomic E-state index is 12.4. The fourth-order valence-electron chi connectivity index (χ4n) is 2.54. The fraction of sp³-hybridized carbons (Fsp3) is 0.105. The third-order valence-corrected chi connectivity index (χ3v) is 3.97. The van der Waals surface area contributed by atoms with Crippen LogP contribution in [-0.4, -0.2) is 22.9 Å². The van der Waals surface area contributed by atoms with Gasteiger partial charge in [0.05, 0.1) is 23.0 Å². The Balaban J connectivity index is 1.70. The number of nitrogens with one attached hydrogen (secondary N) is 1. The van der Waals surface area contributed by atoms with E-state index in [1.807, 2.05) is 0 Å². The Bertz CT molecular complexity index is 1110. The number of rotatable bonds is 8. The summed E-state index contributed by atoms with van der Waals surface area (Å²) in [6.07, 6.45) is 0. The molecule has 0 saturated carbocycles. The van der Waals surface area contributed by atoms with E-state index in [-0.39, 0.29) is 46.7 Å². The molecule has 11 heteroatoms. The number of benzene rings is 2. The van der Waals surface area contributed by atoms with Crippen molar-refractivity contribution in [1.29, 1.82) is 0 Å². The number of nitrogens with zero attached hydrogens (tertiary/aromatic N) is 2. The molecular formula is C19H15N3O8. The lowest BCUT2D eigenvalue weighted by molar-refractivity contribution is -0.386. The Morgan fingerprint density at radius 3 is 2.47 bits per heavy atom. The molecule has 0 bridgehead atoms. The van der Waals surface area contributed by atoms with Gasteiger partial charge in [0, 0.05) is 6.07 Å². The minimum atomic E-state index is -0.708. The van der Waals surface area contributed by atoms with Crippen LogP contribution in [0.1, 0.15) is 16.3 Å². The lowest BCUT2D eigenvalue weighted by atomic mass is 10.2. The van der Waals surface area contributed by atoms with Crippen LogP contribution >= 0.6 is 0 Å². The number of nitro benzene ring substituents is 2. The van der Waals surface area contributed by atoms with Gasteiger partial charge in [0.15, 0.2) is 11.5 Å². The van der Waals surface area contributed by atoms with E-state index >= 15 is 0 Å². The third-order valence-electron chi connectivity index (χ3n) is 3.97. The molecule has 154 valence electrons. The minimum absolute atomic E-state index is 0.0279. The van der Waals surface area contributed by atoms with Crippen molar-refractivity contribution in [3.63, 3.8) is 0 Å². The molecule has 3 rings (SSSR count). The lowest BCUT2D eigenvalue weighted by Crippen LogP contribution is -2.12. The second-order valence-corrected chi connectivity index (χ2v) is 5.87. The second-order valence-electron chi connectivity index (χ2n) is 5.87. The molecule has 0 aliphatic heterocycles. The molecule has 0 aliphatic carbocycles. The standard InChI is InChI=1S/C19H15N3O8/c1-28-12-6-8-14(16(10-12)22(26)27)20-19(23)18-9-7-13(30-18)11-29-17-5-3-2-4-15(17)21(24)25/h2-10H,11H2,1H3,(H,20,23). The molecule has 3 aromatic rings. The average molecular weight is 413 g/mol. The zero-order chi connectivity index (χ0) is 21.7. The molecule has 0 radical (unpaired) electrons. The third kappa shape index (κ3) is 4.52. The number of amides is 1. The molecule has 2 aromatic carbocycles. The van der Waals surface area contributed by atoms with Crippen molar-refractivity contribution >= 4 is 23.0 Å². The normalized spacial score (nSPS) is 10.3. The van der Waals surface area contributed by atoms with E-state index < -0.39 is 15.8 Å². The van der Waals surface area contributed by atoms with E-state index in [2.05, 4.69) is 5.32 Å². The Morgan fingerprint density at radius 2 is 1.77 bits per heavy atom. The molecule has 0 atom stereocenters. The van der Waals surface area contributed by atoms with Gasteiger partial charge in [-0.15, -0.1) is 0 Å². The van der Waals surface area contributed by atoms with E-state index in [4.69, 9.17) is 13.9 Å². The largest absolute Gasteiger partial charge is 0.496 e. The van der Waals surface area contributed by atoms with Gasteiger partial charge in [-0.1, -0.05) is 12.1 Å². The van der Waals surface area contributed by atoms with E-state index in [0.29, 0.717) is 0 Å². The summed E-state index contributed by atoms with van der Waals surface area (Å²) in [7, 11) is 1.37. The second kappa shape index (κ2) is 8.73. The Morgan fingerprint density at radius 1 is 1.03 bits per heavy atom. The van der Waals surface area contributed by atoms with Crippen LogP contribution in [-0.2, 0) is 6.61 Å². The van der Waals surface area contributed by atoms with Crippen molar-refractivity contribution < 1.29 is 28.5 Å². The van der Waals surface area contributed by atoms with Gasteiger partial charge in [-0.05, 0) is 30.3 Å². The molecule has 0 unspecified atom stereocenters. The first-order valence-corrected chi connectivity index (χ1v) is 8.47. The summed E-state index contributed by atoms with van der Waals surface area (Å²) in [5, 5.41) is 24.6. The molecule has 0 fully saturated rings. The predicted molar refractivity (Wildman–Crippen MR) is 104 cm³/mol. The topological polar surface area (TPSA) is 147 Å². The predicted octanol–water partition coefficient (Wildman–Crippen LogP) is 3.94. The van der Waals surface area contributed by atoms with Gasteiger partial charge in [-0.3, -0.25) is 25.0 Å². The van der Waals surface area contributed by atoms with Gasteiger partial charge in [-0.25, -0.2) is 0 Å². The van der Waals surface area contributed by atoms with Gasteiger partial charge in [-0.2, -0.15) is 0 Å². The molecule has 1 N–H and O–H groups in total. The first-order chi connectivity index (χ1) is 14.4. The maximum atomic E-state index is 12.4. The quantitative estimate of drug-likeness (QED) is 0.431. The van der Waals surface area contributed by atoms with E-state index in [1.165, 1.54) is 55.6 Å². The molecule has 30 heavy (non-hydrogen) atoms. The molecule has 1 aromatic heterocycles. The van der Waals surface area contributed by atoms with Gasteiger partial charge in [0.2, 0.25) is 0 Å². The molecular weight excluding hydrogens is 398 g/mol. The molecule has 0 saturated heterocycles. The fourth-order valence-corrected chi connectivity index (χ4v) is 2.54. The average Bonchev–Trinajstić information content (AvgIpc) is 3.21. The van der Waals surface area contributed by atoms with Crippen molar-refractivity contribution in [2.75, 3.05) is 12.4 Å². The van der Waals surface area contributed by atoms with Crippen molar-refractivity contribution in [3.05, 3.63) is 86.3 Å². The smallest absolute Gasteiger partial charge is 0.310 e. The highest BCUT2D eigenvalue weighted by Crippen LogP contribution is 2.30. The number of furan rings is 1.